The monoisotopic (exact) mass is 176 g/mol. The number of hydrogen-bond donors (Lipinski definition) is 1. The highest BCUT2D eigenvalue weighted by Gasteiger charge is 2.26. The van der Waals surface area contributed by atoms with Crippen LogP contribution in [0.4, 0.5) is 0 Å². The first-order chi connectivity index (χ1) is 6.36. The summed E-state index contributed by atoms with van der Waals surface area (Å²) in [6.07, 6.45) is 5.34. The zero-order valence-corrected chi connectivity index (χ0v) is 6.90. The van der Waals surface area contributed by atoms with Gasteiger partial charge in [-0.2, -0.15) is 10.2 Å². The molecule has 0 radical (unpaired) electrons. The largest absolute Gasteiger partial charge is 0.278 e. The smallest absolute Gasteiger partial charge is 0.276 e. The Kier molecular flexibility index (Phi) is 1.15. The number of nitrogens with zero attached hydrogens (tertiary/aromatic N) is 3. The second-order valence-corrected chi connectivity index (χ2v) is 3.32. The van der Waals surface area contributed by atoms with E-state index in [9.17, 15) is 4.79 Å². The Bertz CT molecular complexity index is 508. The second-order valence-electron chi connectivity index (χ2n) is 3.32. The van der Waals surface area contributed by atoms with Gasteiger partial charge in [-0.1, -0.05) is 0 Å². The zero-order chi connectivity index (χ0) is 8.84. The topological polar surface area (TPSA) is 63.6 Å². The zero-order valence-electron chi connectivity index (χ0n) is 6.90. The summed E-state index contributed by atoms with van der Waals surface area (Å²) in [4.78, 5) is 11.7. The molecule has 1 N–H and O–H groups in total. The van der Waals surface area contributed by atoms with Crippen molar-refractivity contribution < 1.29 is 0 Å². The molecule has 5 nitrogen and oxygen atoms in total. The molecule has 1 saturated carbocycles. The van der Waals surface area contributed by atoms with Crippen molar-refractivity contribution >= 4 is 10.9 Å². The summed E-state index contributed by atoms with van der Waals surface area (Å²) >= 11 is 0. The van der Waals surface area contributed by atoms with E-state index in [0.29, 0.717) is 16.9 Å². The number of fused-ring (bicyclic) bond motifs is 1. The molecule has 1 aliphatic rings. The summed E-state index contributed by atoms with van der Waals surface area (Å²) in [5.41, 5.74) is 0.677. The van der Waals surface area contributed by atoms with E-state index in [-0.39, 0.29) is 5.56 Å². The maximum absolute atomic E-state index is 11.7. The number of hydrogen-bond acceptors (Lipinski definition) is 3. The molecular formula is C8H8N4O. The van der Waals surface area contributed by atoms with Crippen molar-refractivity contribution in [2.24, 2.45) is 0 Å². The lowest BCUT2D eigenvalue weighted by atomic mass is 10.4. The molecule has 0 amide bonds. The molecule has 3 rings (SSSR count). The van der Waals surface area contributed by atoms with Gasteiger partial charge in [0.05, 0.1) is 29.3 Å². The second kappa shape index (κ2) is 2.18. The Hall–Kier alpha value is -1.65. The van der Waals surface area contributed by atoms with Crippen molar-refractivity contribution in [3.8, 4) is 0 Å². The standard InChI is InChI=1S/C8H8N4O/c13-8-6-3-9-11-7(6)4-10-12(8)5-1-2-5/h3-5H,1-2H2,(H,9,11). The fourth-order valence-corrected chi connectivity index (χ4v) is 1.44. The molecule has 1 fully saturated rings. The van der Waals surface area contributed by atoms with Gasteiger partial charge in [-0.25, -0.2) is 4.68 Å². The average molecular weight is 176 g/mol. The molecule has 0 aliphatic heterocycles. The summed E-state index contributed by atoms with van der Waals surface area (Å²) in [6, 6.07) is 0.326. The third kappa shape index (κ3) is 0.898. The normalized spacial score (nSPS) is 16.6. The maximum Gasteiger partial charge on any atom is 0.278 e. The molecule has 0 aromatic carbocycles. The number of aromatic amines is 1. The van der Waals surface area contributed by atoms with Crippen LogP contribution in [0.1, 0.15) is 18.9 Å². The molecule has 13 heavy (non-hydrogen) atoms. The molecule has 1 aliphatic carbocycles. The van der Waals surface area contributed by atoms with Crippen LogP contribution in [0, 0.1) is 0 Å². The quantitative estimate of drug-likeness (QED) is 0.686. The van der Waals surface area contributed by atoms with Crippen LogP contribution in [-0.2, 0) is 0 Å². The minimum atomic E-state index is -0.0336. The Morgan fingerprint density at radius 2 is 2.31 bits per heavy atom. The summed E-state index contributed by atoms with van der Waals surface area (Å²) in [7, 11) is 0. The molecule has 0 spiro atoms. The molecule has 2 aromatic rings. The van der Waals surface area contributed by atoms with Crippen LogP contribution in [0.25, 0.3) is 10.9 Å². The molecule has 2 aromatic heterocycles. The summed E-state index contributed by atoms with van der Waals surface area (Å²) in [6.45, 7) is 0. The van der Waals surface area contributed by atoms with Gasteiger partial charge in [0, 0.05) is 0 Å². The van der Waals surface area contributed by atoms with Crippen LogP contribution in [0.5, 0.6) is 0 Å². The van der Waals surface area contributed by atoms with Crippen molar-refractivity contribution in [2.45, 2.75) is 18.9 Å². The van der Waals surface area contributed by atoms with Gasteiger partial charge in [0.1, 0.15) is 0 Å². The molecule has 0 atom stereocenters. The Morgan fingerprint density at radius 3 is 3.08 bits per heavy atom. The first-order valence-corrected chi connectivity index (χ1v) is 4.27. The van der Waals surface area contributed by atoms with Gasteiger partial charge in [0.25, 0.3) is 5.56 Å². The lowest BCUT2D eigenvalue weighted by Crippen LogP contribution is -2.21. The number of rotatable bonds is 1. The Labute approximate surface area is 73.4 Å². The molecule has 0 saturated heterocycles. The third-order valence-corrected chi connectivity index (χ3v) is 2.31. The van der Waals surface area contributed by atoms with Crippen molar-refractivity contribution in [3.63, 3.8) is 0 Å². The van der Waals surface area contributed by atoms with Gasteiger partial charge in [0.2, 0.25) is 0 Å². The maximum atomic E-state index is 11.7. The Morgan fingerprint density at radius 1 is 1.46 bits per heavy atom. The van der Waals surface area contributed by atoms with E-state index in [1.54, 1.807) is 17.1 Å². The third-order valence-electron chi connectivity index (χ3n) is 2.31. The highest BCUT2D eigenvalue weighted by atomic mass is 16.1. The van der Waals surface area contributed by atoms with Crippen molar-refractivity contribution in [1.82, 2.24) is 20.0 Å². The molecular weight excluding hydrogens is 168 g/mol. The highest BCUT2D eigenvalue weighted by molar-refractivity contribution is 5.75. The molecule has 5 heteroatoms. The fourth-order valence-electron chi connectivity index (χ4n) is 1.44. The summed E-state index contributed by atoms with van der Waals surface area (Å²) in [5, 5.41) is 11.2. The van der Waals surface area contributed by atoms with E-state index >= 15 is 0 Å². The van der Waals surface area contributed by atoms with Crippen LogP contribution >= 0.6 is 0 Å². The van der Waals surface area contributed by atoms with Crippen LogP contribution < -0.4 is 5.56 Å². The molecule has 0 bridgehead atoms. The highest BCUT2D eigenvalue weighted by Crippen LogP contribution is 2.32. The van der Waals surface area contributed by atoms with Crippen molar-refractivity contribution in [3.05, 3.63) is 22.7 Å². The first-order valence-electron chi connectivity index (χ1n) is 4.27. The van der Waals surface area contributed by atoms with Crippen LogP contribution in [0.2, 0.25) is 0 Å². The average Bonchev–Trinajstić information content (AvgIpc) is 2.83. The SMILES string of the molecule is O=c1c2cn[nH]c2cnn1C1CC1. The van der Waals surface area contributed by atoms with Gasteiger partial charge < -0.3 is 0 Å². The van der Waals surface area contributed by atoms with E-state index < -0.39 is 0 Å². The van der Waals surface area contributed by atoms with Gasteiger partial charge in [-0.3, -0.25) is 9.89 Å². The summed E-state index contributed by atoms with van der Waals surface area (Å²) < 4.78 is 1.55. The summed E-state index contributed by atoms with van der Waals surface area (Å²) in [5.74, 6) is 0. The number of nitrogens with one attached hydrogen (secondary N) is 1. The van der Waals surface area contributed by atoms with Crippen molar-refractivity contribution in [2.75, 3.05) is 0 Å². The molecule has 66 valence electrons. The predicted octanol–water partition coefficient (Wildman–Crippen LogP) is 0.454. The number of H-pyrrole nitrogens is 1. The van der Waals surface area contributed by atoms with Gasteiger partial charge >= 0.3 is 0 Å². The predicted molar refractivity (Wildman–Crippen MR) is 46.4 cm³/mol. The lowest BCUT2D eigenvalue weighted by molar-refractivity contribution is 0.606. The van der Waals surface area contributed by atoms with Gasteiger partial charge in [0.15, 0.2) is 0 Å². The lowest BCUT2D eigenvalue weighted by Gasteiger charge is -1.99. The van der Waals surface area contributed by atoms with E-state index in [1.165, 1.54) is 0 Å². The van der Waals surface area contributed by atoms with Gasteiger partial charge in [-0.05, 0) is 12.8 Å². The van der Waals surface area contributed by atoms with Gasteiger partial charge in [-0.15, -0.1) is 0 Å². The Balaban J connectivity index is 2.37. The van der Waals surface area contributed by atoms with Crippen LogP contribution in [-0.4, -0.2) is 20.0 Å². The minimum absolute atomic E-state index is 0.0336. The van der Waals surface area contributed by atoms with E-state index in [0.717, 1.165) is 12.8 Å². The van der Waals surface area contributed by atoms with Crippen LogP contribution in [0.3, 0.4) is 0 Å². The molecule has 2 heterocycles. The first kappa shape index (κ1) is 6.82. The van der Waals surface area contributed by atoms with E-state index in [2.05, 4.69) is 15.3 Å². The minimum Gasteiger partial charge on any atom is -0.276 e. The van der Waals surface area contributed by atoms with E-state index in [4.69, 9.17) is 0 Å². The van der Waals surface area contributed by atoms with Crippen molar-refractivity contribution in [1.29, 1.82) is 0 Å². The van der Waals surface area contributed by atoms with E-state index in [1.807, 2.05) is 0 Å². The molecule has 0 unspecified atom stereocenters. The van der Waals surface area contributed by atoms with Crippen LogP contribution in [0.15, 0.2) is 17.2 Å². The number of aromatic nitrogens is 4. The fraction of sp³-hybridized carbons (Fsp3) is 0.375.